The predicted octanol–water partition coefficient (Wildman–Crippen LogP) is 1.85. The second kappa shape index (κ2) is 6.89. The number of carbonyl (C=O) groups is 1. The Bertz CT molecular complexity index is 275. The molecule has 0 aromatic rings. The summed E-state index contributed by atoms with van der Waals surface area (Å²) in [7, 11) is 0. The largest absolute Gasteiger partial charge is 0.394 e. The van der Waals surface area contributed by atoms with E-state index in [4.69, 9.17) is 14.6 Å². The van der Waals surface area contributed by atoms with Gasteiger partial charge in [0.2, 0.25) is 0 Å². The van der Waals surface area contributed by atoms with Crippen molar-refractivity contribution in [2.45, 2.75) is 52.4 Å². The third-order valence-electron chi connectivity index (χ3n) is 2.89. The lowest BCUT2D eigenvalue weighted by atomic mass is 10.00. The van der Waals surface area contributed by atoms with Gasteiger partial charge in [0.05, 0.1) is 31.5 Å². The minimum atomic E-state index is -0.295. The Balaban J connectivity index is 2.17. The Labute approximate surface area is 113 Å². The molecule has 0 radical (unpaired) electrons. The van der Waals surface area contributed by atoms with Crippen LogP contribution >= 0.6 is 11.8 Å². The van der Waals surface area contributed by atoms with Crippen LogP contribution in [0.4, 0.5) is 0 Å². The van der Waals surface area contributed by atoms with E-state index in [9.17, 15) is 4.79 Å². The van der Waals surface area contributed by atoms with Crippen molar-refractivity contribution in [1.29, 1.82) is 0 Å². The summed E-state index contributed by atoms with van der Waals surface area (Å²) >= 11 is 1.32. The molecule has 18 heavy (non-hydrogen) atoms. The van der Waals surface area contributed by atoms with Gasteiger partial charge in [0.15, 0.2) is 5.12 Å². The lowest BCUT2D eigenvalue weighted by Crippen LogP contribution is -2.23. The summed E-state index contributed by atoms with van der Waals surface area (Å²) in [6.45, 7) is 8.30. The maximum atomic E-state index is 11.7. The molecule has 1 aliphatic heterocycles. The Hall–Kier alpha value is -0.100. The summed E-state index contributed by atoms with van der Waals surface area (Å²) in [5.74, 6) is 0.670. The highest BCUT2D eigenvalue weighted by Gasteiger charge is 2.32. The molecule has 0 spiro atoms. The lowest BCUT2D eigenvalue weighted by Gasteiger charge is -2.17. The number of aliphatic hydroxyl groups excluding tert-OH is 1. The van der Waals surface area contributed by atoms with Crippen molar-refractivity contribution in [2.75, 3.05) is 19.0 Å². The minimum Gasteiger partial charge on any atom is -0.394 e. The van der Waals surface area contributed by atoms with E-state index in [2.05, 4.69) is 0 Å². The first-order valence-corrected chi connectivity index (χ1v) is 7.38. The van der Waals surface area contributed by atoms with Crippen molar-refractivity contribution < 1.29 is 19.4 Å². The fraction of sp³-hybridized carbons (Fsp3) is 0.923. The topological polar surface area (TPSA) is 55.8 Å². The Morgan fingerprint density at radius 1 is 1.50 bits per heavy atom. The fourth-order valence-corrected chi connectivity index (χ4v) is 2.57. The standard InChI is InChI=1S/C13H24O4S/c1-9-11(7-10(8-14)17-9)16-5-6-18-12(15)13(2,3)4/h9-11,14H,5-8H2,1-4H3/t9-,10-,11+/m0/s1. The fourth-order valence-electron chi connectivity index (χ4n) is 1.77. The number of carbonyl (C=O) groups excluding carboxylic acids is 1. The summed E-state index contributed by atoms with van der Waals surface area (Å²) in [6.07, 6.45) is 0.682. The van der Waals surface area contributed by atoms with Gasteiger partial charge >= 0.3 is 0 Å². The summed E-state index contributed by atoms with van der Waals surface area (Å²) in [5, 5.41) is 9.20. The van der Waals surface area contributed by atoms with E-state index in [1.54, 1.807) is 0 Å². The highest BCUT2D eigenvalue weighted by molar-refractivity contribution is 8.13. The Morgan fingerprint density at radius 2 is 2.17 bits per heavy atom. The summed E-state index contributed by atoms with van der Waals surface area (Å²) in [4.78, 5) is 11.7. The van der Waals surface area contributed by atoms with Crippen LogP contribution in [-0.4, -0.2) is 47.5 Å². The highest BCUT2D eigenvalue weighted by Crippen LogP contribution is 2.25. The van der Waals surface area contributed by atoms with Gasteiger partial charge < -0.3 is 14.6 Å². The van der Waals surface area contributed by atoms with Crippen molar-refractivity contribution in [3.8, 4) is 0 Å². The van der Waals surface area contributed by atoms with E-state index >= 15 is 0 Å². The molecule has 1 heterocycles. The van der Waals surface area contributed by atoms with Crippen LogP contribution in [0.3, 0.4) is 0 Å². The average Bonchev–Trinajstić information content (AvgIpc) is 2.64. The summed E-state index contributed by atoms with van der Waals surface area (Å²) in [6, 6.07) is 0. The second-order valence-electron chi connectivity index (χ2n) is 5.68. The van der Waals surface area contributed by atoms with Crippen molar-refractivity contribution >= 4 is 16.9 Å². The molecule has 4 nitrogen and oxygen atoms in total. The molecule has 0 bridgehead atoms. The van der Waals surface area contributed by atoms with Gasteiger partial charge in [0, 0.05) is 17.6 Å². The predicted molar refractivity (Wildman–Crippen MR) is 72.7 cm³/mol. The van der Waals surface area contributed by atoms with Gasteiger partial charge in [-0.05, 0) is 6.92 Å². The molecule has 1 N–H and O–H groups in total. The number of aliphatic hydroxyl groups is 1. The minimum absolute atomic E-state index is 0.0190. The van der Waals surface area contributed by atoms with E-state index in [0.717, 1.165) is 6.42 Å². The maximum Gasteiger partial charge on any atom is 0.194 e. The van der Waals surface area contributed by atoms with E-state index in [0.29, 0.717) is 12.4 Å². The van der Waals surface area contributed by atoms with Crippen LogP contribution in [0.5, 0.6) is 0 Å². The SMILES string of the molecule is C[C@@H]1O[C@H](CO)C[C@H]1OCCSC(=O)C(C)(C)C. The molecule has 0 amide bonds. The monoisotopic (exact) mass is 276 g/mol. The molecule has 1 saturated heterocycles. The first-order chi connectivity index (χ1) is 8.34. The van der Waals surface area contributed by atoms with Crippen molar-refractivity contribution in [3.05, 3.63) is 0 Å². The third-order valence-corrected chi connectivity index (χ3v) is 4.14. The molecule has 0 aliphatic carbocycles. The van der Waals surface area contributed by atoms with Crippen LogP contribution in [0.15, 0.2) is 0 Å². The number of hydrogen-bond acceptors (Lipinski definition) is 5. The quantitative estimate of drug-likeness (QED) is 0.777. The maximum absolute atomic E-state index is 11.7. The number of thioether (sulfide) groups is 1. The zero-order valence-corrected chi connectivity index (χ0v) is 12.5. The van der Waals surface area contributed by atoms with Gasteiger partial charge in [-0.2, -0.15) is 0 Å². The van der Waals surface area contributed by atoms with Gasteiger partial charge in [-0.1, -0.05) is 32.5 Å². The third kappa shape index (κ3) is 4.88. The van der Waals surface area contributed by atoms with E-state index in [-0.39, 0.29) is 35.4 Å². The van der Waals surface area contributed by atoms with Crippen LogP contribution in [0.1, 0.15) is 34.1 Å². The van der Waals surface area contributed by atoms with Crippen LogP contribution in [-0.2, 0) is 14.3 Å². The van der Waals surface area contributed by atoms with Crippen LogP contribution < -0.4 is 0 Å². The van der Waals surface area contributed by atoms with E-state index < -0.39 is 0 Å². The molecule has 106 valence electrons. The number of hydrogen-bond donors (Lipinski definition) is 1. The molecule has 1 rings (SSSR count). The lowest BCUT2D eigenvalue weighted by molar-refractivity contribution is -0.117. The first kappa shape index (κ1) is 16.0. The van der Waals surface area contributed by atoms with Gasteiger partial charge in [0.25, 0.3) is 0 Å². The van der Waals surface area contributed by atoms with Gasteiger partial charge in [-0.25, -0.2) is 0 Å². The molecule has 0 aromatic carbocycles. The molecular weight excluding hydrogens is 252 g/mol. The molecule has 1 fully saturated rings. The molecule has 3 atom stereocenters. The smallest absolute Gasteiger partial charge is 0.194 e. The molecule has 0 aromatic heterocycles. The molecular formula is C13H24O4S. The summed E-state index contributed by atoms with van der Waals surface area (Å²) in [5.41, 5.74) is -0.295. The van der Waals surface area contributed by atoms with Crippen molar-refractivity contribution in [1.82, 2.24) is 0 Å². The highest BCUT2D eigenvalue weighted by atomic mass is 32.2. The zero-order chi connectivity index (χ0) is 13.8. The zero-order valence-electron chi connectivity index (χ0n) is 11.6. The van der Waals surface area contributed by atoms with Gasteiger partial charge in [-0.15, -0.1) is 0 Å². The molecule has 0 unspecified atom stereocenters. The molecule has 1 aliphatic rings. The summed E-state index contributed by atoms with van der Waals surface area (Å²) < 4.78 is 11.2. The first-order valence-electron chi connectivity index (χ1n) is 6.39. The average molecular weight is 276 g/mol. The molecule has 5 heteroatoms. The van der Waals surface area contributed by atoms with Crippen molar-refractivity contribution in [2.24, 2.45) is 5.41 Å². The van der Waals surface area contributed by atoms with E-state index in [1.165, 1.54) is 11.8 Å². The Morgan fingerprint density at radius 3 is 2.67 bits per heavy atom. The second-order valence-corrected chi connectivity index (χ2v) is 6.74. The van der Waals surface area contributed by atoms with Crippen LogP contribution in [0, 0.1) is 5.41 Å². The Kier molecular flexibility index (Phi) is 6.11. The van der Waals surface area contributed by atoms with Crippen molar-refractivity contribution in [3.63, 3.8) is 0 Å². The number of ether oxygens (including phenoxy) is 2. The number of rotatable bonds is 5. The van der Waals surface area contributed by atoms with Gasteiger partial charge in [0.1, 0.15) is 0 Å². The van der Waals surface area contributed by atoms with Crippen LogP contribution in [0.2, 0.25) is 0 Å². The van der Waals surface area contributed by atoms with Gasteiger partial charge in [-0.3, -0.25) is 4.79 Å². The van der Waals surface area contributed by atoms with E-state index in [1.807, 2.05) is 27.7 Å². The molecule has 0 saturated carbocycles. The normalized spacial score (nSPS) is 28.6. The van der Waals surface area contributed by atoms with Crippen LogP contribution in [0.25, 0.3) is 0 Å².